The van der Waals surface area contributed by atoms with Crippen LogP contribution >= 0.6 is 0 Å². The lowest BCUT2D eigenvalue weighted by atomic mass is 9.86. The quantitative estimate of drug-likeness (QED) is 0.840. The third-order valence-corrected chi connectivity index (χ3v) is 4.38. The molecule has 1 saturated carbocycles. The van der Waals surface area contributed by atoms with Gasteiger partial charge in [-0.05, 0) is 31.7 Å². The number of alkyl halides is 2. The van der Waals surface area contributed by atoms with Crippen LogP contribution < -0.4 is 9.46 Å². The second-order valence-electron chi connectivity index (χ2n) is 5.98. The molecule has 24 heavy (non-hydrogen) atoms. The number of rotatable bonds is 6. The molecule has 0 spiro atoms. The SMILES string of the molecule is CCOc1ncc(NS(C)(=O)=O)cc1C=CC1CCC(F)(F)CC1. The van der Waals surface area contributed by atoms with Crippen LogP contribution in [0.4, 0.5) is 14.5 Å². The molecule has 0 aromatic carbocycles. The van der Waals surface area contributed by atoms with Crippen LogP contribution in [-0.4, -0.2) is 32.2 Å². The topological polar surface area (TPSA) is 68.3 Å². The second kappa shape index (κ2) is 7.46. The molecule has 5 nitrogen and oxygen atoms in total. The van der Waals surface area contributed by atoms with E-state index in [1.807, 2.05) is 13.0 Å². The van der Waals surface area contributed by atoms with Crippen LogP contribution in [0.2, 0.25) is 0 Å². The van der Waals surface area contributed by atoms with E-state index < -0.39 is 15.9 Å². The fraction of sp³-hybridized carbons (Fsp3) is 0.562. The van der Waals surface area contributed by atoms with Crippen molar-refractivity contribution in [3.8, 4) is 5.88 Å². The zero-order valence-corrected chi connectivity index (χ0v) is 14.6. The van der Waals surface area contributed by atoms with Gasteiger partial charge in [-0.3, -0.25) is 4.72 Å². The molecule has 0 radical (unpaired) electrons. The summed E-state index contributed by atoms with van der Waals surface area (Å²) >= 11 is 0. The molecule has 1 heterocycles. The molecule has 0 saturated heterocycles. The maximum absolute atomic E-state index is 13.2. The van der Waals surface area contributed by atoms with Crippen LogP contribution in [0.3, 0.4) is 0 Å². The number of pyridine rings is 1. The van der Waals surface area contributed by atoms with Gasteiger partial charge in [0.05, 0.1) is 24.7 Å². The molecular formula is C16H22F2N2O3S. The zero-order valence-electron chi connectivity index (χ0n) is 13.8. The minimum Gasteiger partial charge on any atom is -0.478 e. The molecule has 1 aromatic heterocycles. The predicted molar refractivity (Wildman–Crippen MR) is 89.8 cm³/mol. The number of hydrogen-bond donors (Lipinski definition) is 1. The Labute approximate surface area is 141 Å². The Hall–Kier alpha value is -1.70. The van der Waals surface area contributed by atoms with E-state index in [2.05, 4.69) is 9.71 Å². The zero-order chi connectivity index (χ0) is 17.8. The number of sulfonamides is 1. The highest BCUT2D eigenvalue weighted by atomic mass is 32.2. The van der Waals surface area contributed by atoms with Gasteiger partial charge in [0.2, 0.25) is 21.8 Å². The normalized spacial score (nSPS) is 18.7. The van der Waals surface area contributed by atoms with Gasteiger partial charge in [0.25, 0.3) is 0 Å². The van der Waals surface area contributed by atoms with Crippen LogP contribution in [0, 0.1) is 5.92 Å². The van der Waals surface area contributed by atoms with Gasteiger partial charge in [-0.25, -0.2) is 22.2 Å². The number of nitrogens with one attached hydrogen (secondary N) is 1. The summed E-state index contributed by atoms with van der Waals surface area (Å²) in [5.41, 5.74) is 0.943. The average molecular weight is 360 g/mol. The Bertz CT molecular complexity index is 695. The van der Waals surface area contributed by atoms with Gasteiger partial charge >= 0.3 is 0 Å². The highest BCUT2D eigenvalue weighted by Gasteiger charge is 2.33. The van der Waals surface area contributed by atoms with Crippen molar-refractivity contribution in [1.29, 1.82) is 0 Å². The van der Waals surface area contributed by atoms with Crippen molar-refractivity contribution < 1.29 is 21.9 Å². The minimum atomic E-state index is -3.41. The molecule has 134 valence electrons. The molecule has 0 unspecified atom stereocenters. The molecule has 1 fully saturated rings. The van der Waals surface area contributed by atoms with Crippen LogP contribution in [0.1, 0.15) is 38.2 Å². The van der Waals surface area contributed by atoms with E-state index in [9.17, 15) is 17.2 Å². The molecular weight excluding hydrogens is 338 g/mol. The summed E-state index contributed by atoms with van der Waals surface area (Å²) < 4.78 is 56.8. The number of aromatic nitrogens is 1. The summed E-state index contributed by atoms with van der Waals surface area (Å²) in [6.45, 7) is 2.24. The summed E-state index contributed by atoms with van der Waals surface area (Å²) in [7, 11) is -3.41. The molecule has 0 amide bonds. The number of allylic oxidation sites excluding steroid dienone is 1. The van der Waals surface area contributed by atoms with E-state index in [4.69, 9.17) is 4.74 Å². The van der Waals surface area contributed by atoms with Crippen LogP contribution in [0.15, 0.2) is 18.3 Å². The highest BCUT2D eigenvalue weighted by molar-refractivity contribution is 7.92. The molecule has 0 aliphatic heterocycles. The van der Waals surface area contributed by atoms with Gasteiger partial charge in [-0.15, -0.1) is 0 Å². The van der Waals surface area contributed by atoms with Gasteiger partial charge in [-0.2, -0.15) is 0 Å². The Morgan fingerprint density at radius 1 is 1.42 bits per heavy atom. The maximum Gasteiger partial charge on any atom is 0.248 e. The van der Waals surface area contributed by atoms with Crippen molar-refractivity contribution in [2.24, 2.45) is 5.92 Å². The standard InChI is InChI=1S/C16H22F2N2O3S/c1-3-23-15-13(10-14(11-19-15)20-24(2,21)22)5-4-12-6-8-16(17,18)9-7-12/h4-5,10-12,20H,3,6-9H2,1-2H3. The first kappa shape index (κ1) is 18.6. The fourth-order valence-corrected chi connectivity index (χ4v) is 3.15. The molecule has 8 heteroatoms. The monoisotopic (exact) mass is 360 g/mol. The van der Waals surface area contributed by atoms with Crippen LogP contribution in [0.25, 0.3) is 6.08 Å². The lowest BCUT2D eigenvalue weighted by Gasteiger charge is -2.26. The van der Waals surface area contributed by atoms with E-state index in [1.165, 1.54) is 6.20 Å². The molecule has 1 aromatic rings. The number of nitrogens with zero attached hydrogens (tertiary/aromatic N) is 1. The number of halogens is 2. The van der Waals surface area contributed by atoms with Crippen molar-refractivity contribution in [2.75, 3.05) is 17.6 Å². The first-order valence-corrected chi connectivity index (χ1v) is 9.74. The lowest BCUT2D eigenvalue weighted by Crippen LogP contribution is -2.23. The second-order valence-corrected chi connectivity index (χ2v) is 7.73. The third-order valence-electron chi connectivity index (χ3n) is 3.77. The fourth-order valence-electron chi connectivity index (χ4n) is 2.61. The summed E-state index contributed by atoms with van der Waals surface area (Å²) in [5.74, 6) is -2.10. The minimum absolute atomic E-state index is 0.0747. The average Bonchev–Trinajstić information content (AvgIpc) is 2.47. The van der Waals surface area contributed by atoms with Gasteiger partial charge in [0, 0.05) is 18.4 Å². The molecule has 0 bridgehead atoms. The van der Waals surface area contributed by atoms with Crippen molar-refractivity contribution in [3.05, 3.63) is 23.9 Å². The van der Waals surface area contributed by atoms with Crippen LogP contribution in [-0.2, 0) is 10.0 Å². The van der Waals surface area contributed by atoms with Gasteiger partial charge in [-0.1, -0.05) is 12.2 Å². The molecule has 1 aliphatic carbocycles. The molecule has 1 N–H and O–H groups in total. The van der Waals surface area contributed by atoms with Gasteiger partial charge < -0.3 is 4.74 Å². The third kappa shape index (κ3) is 5.74. The van der Waals surface area contributed by atoms with Gasteiger partial charge in [0.15, 0.2) is 0 Å². The van der Waals surface area contributed by atoms with Crippen molar-refractivity contribution in [2.45, 2.75) is 38.5 Å². The van der Waals surface area contributed by atoms with E-state index in [0.29, 0.717) is 36.6 Å². The lowest BCUT2D eigenvalue weighted by molar-refractivity contribution is -0.0410. The maximum atomic E-state index is 13.2. The number of ether oxygens (including phenoxy) is 1. The summed E-state index contributed by atoms with van der Waals surface area (Å²) in [6, 6.07) is 1.62. The Kier molecular flexibility index (Phi) is 5.79. The predicted octanol–water partition coefficient (Wildman–Crippen LogP) is 3.69. The smallest absolute Gasteiger partial charge is 0.248 e. The van der Waals surface area contributed by atoms with Crippen molar-refractivity contribution in [1.82, 2.24) is 4.98 Å². The first-order chi connectivity index (χ1) is 11.2. The summed E-state index contributed by atoms with van der Waals surface area (Å²) in [5, 5.41) is 0. The summed E-state index contributed by atoms with van der Waals surface area (Å²) in [4.78, 5) is 4.12. The Morgan fingerprint density at radius 2 is 2.08 bits per heavy atom. The first-order valence-electron chi connectivity index (χ1n) is 7.85. The Morgan fingerprint density at radius 3 is 2.67 bits per heavy atom. The number of anilines is 1. The van der Waals surface area contributed by atoms with E-state index >= 15 is 0 Å². The largest absolute Gasteiger partial charge is 0.478 e. The molecule has 0 atom stereocenters. The van der Waals surface area contributed by atoms with E-state index in [1.54, 1.807) is 12.1 Å². The Balaban J connectivity index is 2.16. The summed E-state index contributed by atoms with van der Waals surface area (Å²) in [6.07, 6.45) is 6.73. The van der Waals surface area contributed by atoms with Crippen molar-refractivity contribution >= 4 is 21.8 Å². The van der Waals surface area contributed by atoms with E-state index in [-0.39, 0.29) is 18.8 Å². The highest BCUT2D eigenvalue weighted by Crippen LogP contribution is 2.37. The number of hydrogen-bond acceptors (Lipinski definition) is 4. The van der Waals surface area contributed by atoms with Crippen LogP contribution in [0.5, 0.6) is 5.88 Å². The van der Waals surface area contributed by atoms with E-state index in [0.717, 1.165) is 6.26 Å². The van der Waals surface area contributed by atoms with Crippen molar-refractivity contribution in [3.63, 3.8) is 0 Å². The molecule has 2 rings (SSSR count). The van der Waals surface area contributed by atoms with Gasteiger partial charge in [0.1, 0.15) is 0 Å². The molecule has 1 aliphatic rings.